The van der Waals surface area contributed by atoms with Crippen LogP contribution in [0.5, 0.6) is 0 Å². The Kier molecular flexibility index (Phi) is 4.11. The van der Waals surface area contributed by atoms with Crippen molar-refractivity contribution in [1.29, 1.82) is 0 Å². The normalized spacial score (nSPS) is 35.3. The molecule has 5 atom stereocenters. The molecule has 0 bridgehead atoms. The van der Waals surface area contributed by atoms with Crippen LogP contribution in [-0.4, -0.2) is 31.8 Å². The lowest BCUT2D eigenvalue weighted by Crippen LogP contribution is -2.44. The van der Waals surface area contributed by atoms with Crippen LogP contribution in [0.4, 0.5) is 0 Å². The molecule has 0 spiro atoms. The Hall–Kier alpha value is -1.43. The SMILES string of the molecule is CC1C(O)OC2(Cn3cncn3)C(Cc3ccc(Cl)cc3)CCC12. The van der Waals surface area contributed by atoms with E-state index in [0.717, 1.165) is 24.3 Å². The lowest BCUT2D eigenvalue weighted by atomic mass is 9.78. The van der Waals surface area contributed by atoms with Crippen LogP contribution >= 0.6 is 11.6 Å². The number of aromatic nitrogens is 3. The fourth-order valence-electron chi connectivity index (χ4n) is 4.63. The largest absolute Gasteiger partial charge is 0.368 e. The molecule has 2 aliphatic rings. The van der Waals surface area contributed by atoms with E-state index in [0.29, 0.717) is 18.4 Å². The molecule has 0 amide bonds. The van der Waals surface area contributed by atoms with Crippen molar-refractivity contribution < 1.29 is 9.84 Å². The molecule has 2 fully saturated rings. The molecule has 0 radical (unpaired) electrons. The number of hydrogen-bond donors (Lipinski definition) is 1. The highest BCUT2D eigenvalue weighted by atomic mass is 35.5. The number of hydrogen-bond acceptors (Lipinski definition) is 4. The average Bonchev–Trinajstić information content (AvgIpc) is 3.23. The van der Waals surface area contributed by atoms with E-state index in [1.807, 2.05) is 16.8 Å². The van der Waals surface area contributed by atoms with Crippen molar-refractivity contribution >= 4 is 11.6 Å². The Morgan fingerprint density at radius 2 is 2.12 bits per heavy atom. The Labute approximate surface area is 146 Å². The van der Waals surface area contributed by atoms with E-state index >= 15 is 0 Å². The predicted octanol–water partition coefficient (Wildman–Crippen LogP) is 2.92. The molecule has 2 aromatic rings. The van der Waals surface area contributed by atoms with Crippen molar-refractivity contribution in [3.63, 3.8) is 0 Å². The van der Waals surface area contributed by atoms with Gasteiger partial charge in [0.15, 0.2) is 6.29 Å². The second-order valence-electron chi connectivity index (χ2n) is 7.13. The van der Waals surface area contributed by atoms with E-state index in [-0.39, 0.29) is 11.5 Å². The number of halogens is 1. The van der Waals surface area contributed by atoms with Crippen LogP contribution in [0.15, 0.2) is 36.9 Å². The van der Waals surface area contributed by atoms with Crippen molar-refractivity contribution in [2.45, 2.75) is 44.6 Å². The molecular weight excluding hydrogens is 326 g/mol. The molecule has 1 aliphatic carbocycles. The Bertz CT molecular complexity index is 691. The van der Waals surface area contributed by atoms with Crippen LogP contribution in [0.3, 0.4) is 0 Å². The molecule has 2 heterocycles. The third-order valence-electron chi connectivity index (χ3n) is 5.84. The first-order chi connectivity index (χ1) is 11.6. The second kappa shape index (κ2) is 6.14. The maximum Gasteiger partial charge on any atom is 0.158 e. The van der Waals surface area contributed by atoms with Gasteiger partial charge in [-0.15, -0.1) is 0 Å². The van der Waals surface area contributed by atoms with Crippen molar-refractivity contribution in [2.75, 3.05) is 0 Å². The van der Waals surface area contributed by atoms with Crippen molar-refractivity contribution in [3.8, 4) is 0 Å². The van der Waals surface area contributed by atoms with Gasteiger partial charge in [0.05, 0.1) is 12.1 Å². The first kappa shape index (κ1) is 16.1. The van der Waals surface area contributed by atoms with Crippen LogP contribution in [0.1, 0.15) is 25.3 Å². The van der Waals surface area contributed by atoms with Crippen LogP contribution in [-0.2, 0) is 17.7 Å². The van der Waals surface area contributed by atoms with Crippen LogP contribution in [0, 0.1) is 17.8 Å². The maximum absolute atomic E-state index is 10.3. The molecule has 1 aliphatic heterocycles. The van der Waals surface area contributed by atoms with E-state index in [9.17, 15) is 5.11 Å². The fourth-order valence-corrected chi connectivity index (χ4v) is 4.75. The minimum Gasteiger partial charge on any atom is -0.368 e. The van der Waals surface area contributed by atoms with E-state index in [4.69, 9.17) is 16.3 Å². The molecule has 5 unspecified atom stereocenters. The lowest BCUT2D eigenvalue weighted by molar-refractivity contribution is -0.170. The van der Waals surface area contributed by atoms with E-state index in [1.54, 1.807) is 12.7 Å². The third kappa shape index (κ3) is 2.65. The fraction of sp³-hybridized carbons (Fsp3) is 0.556. The molecule has 1 saturated carbocycles. The number of benzene rings is 1. The molecule has 1 aromatic heterocycles. The van der Waals surface area contributed by atoms with E-state index < -0.39 is 6.29 Å². The number of nitrogens with zero attached hydrogens (tertiary/aromatic N) is 3. The van der Waals surface area contributed by atoms with Crippen LogP contribution in [0.2, 0.25) is 5.02 Å². The summed E-state index contributed by atoms with van der Waals surface area (Å²) in [4.78, 5) is 4.05. The third-order valence-corrected chi connectivity index (χ3v) is 6.09. The van der Waals surface area contributed by atoms with Gasteiger partial charge in [0.2, 0.25) is 0 Å². The van der Waals surface area contributed by atoms with Crippen molar-refractivity contribution in [1.82, 2.24) is 14.8 Å². The molecule has 1 N–H and O–H groups in total. The zero-order valence-corrected chi connectivity index (χ0v) is 14.4. The van der Waals surface area contributed by atoms with Gasteiger partial charge >= 0.3 is 0 Å². The van der Waals surface area contributed by atoms with Gasteiger partial charge in [-0.25, -0.2) is 4.98 Å². The Balaban J connectivity index is 1.64. The van der Waals surface area contributed by atoms with Crippen LogP contribution < -0.4 is 0 Å². The van der Waals surface area contributed by atoms with Crippen LogP contribution in [0.25, 0.3) is 0 Å². The summed E-state index contributed by atoms with van der Waals surface area (Å²) >= 11 is 6.00. The number of aliphatic hydroxyl groups excluding tert-OH is 1. The zero-order valence-electron chi connectivity index (χ0n) is 13.7. The Morgan fingerprint density at radius 1 is 1.33 bits per heavy atom. The summed E-state index contributed by atoms with van der Waals surface area (Å²) < 4.78 is 8.04. The van der Waals surface area contributed by atoms with E-state index in [2.05, 4.69) is 29.1 Å². The quantitative estimate of drug-likeness (QED) is 0.923. The molecular formula is C18H22ClN3O2. The lowest BCUT2D eigenvalue weighted by Gasteiger charge is -2.35. The van der Waals surface area contributed by atoms with Gasteiger partial charge in [0.25, 0.3) is 0 Å². The summed E-state index contributed by atoms with van der Waals surface area (Å²) in [5, 5.41) is 15.3. The van der Waals surface area contributed by atoms with Gasteiger partial charge in [-0.2, -0.15) is 5.10 Å². The molecule has 1 aromatic carbocycles. The first-order valence-corrected chi connectivity index (χ1v) is 8.89. The van der Waals surface area contributed by atoms with Gasteiger partial charge in [0.1, 0.15) is 12.7 Å². The molecule has 5 nitrogen and oxygen atoms in total. The summed E-state index contributed by atoms with van der Waals surface area (Å²) in [5.74, 6) is 0.824. The summed E-state index contributed by atoms with van der Waals surface area (Å²) in [7, 11) is 0. The Morgan fingerprint density at radius 3 is 2.83 bits per heavy atom. The summed E-state index contributed by atoms with van der Waals surface area (Å²) in [6, 6.07) is 8.02. The zero-order chi connectivity index (χ0) is 16.7. The molecule has 1 saturated heterocycles. The number of ether oxygens (including phenoxy) is 1. The second-order valence-corrected chi connectivity index (χ2v) is 7.56. The van der Waals surface area contributed by atoms with E-state index in [1.165, 1.54) is 5.56 Å². The number of fused-ring (bicyclic) bond motifs is 1. The summed E-state index contributed by atoms with van der Waals surface area (Å²) in [5.41, 5.74) is 0.868. The molecule has 4 rings (SSSR count). The highest BCUT2D eigenvalue weighted by Crippen LogP contribution is 2.55. The number of aliphatic hydroxyl groups is 1. The average molecular weight is 348 g/mol. The topological polar surface area (TPSA) is 60.2 Å². The monoisotopic (exact) mass is 347 g/mol. The standard InChI is InChI=1S/C18H22ClN3O2/c1-12-16-7-4-14(8-13-2-5-15(19)6-3-13)18(16,24-17(12)23)9-22-11-20-10-21-22/h2-3,5-6,10-12,14,16-17,23H,4,7-9H2,1H3. The summed E-state index contributed by atoms with van der Waals surface area (Å²) in [6.07, 6.45) is 5.66. The molecule has 128 valence electrons. The maximum atomic E-state index is 10.3. The predicted molar refractivity (Wildman–Crippen MR) is 90.4 cm³/mol. The van der Waals surface area contributed by atoms with Gasteiger partial charge in [-0.1, -0.05) is 30.7 Å². The summed E-state index contributed by atoms with van der Waals surface area (Å²) in [6.45, 7) is 2.72. The first-order valence-electron chi connectivity index (χ1n) is 8.51. The van der Waals surface area contributed by atoms with Crippen molar-refractivity contribution in [3.05, 3.63) is 47.5 Å². The van der Waals surface area contributed by atoms with Crippen molar-refractivity contribution in [2.24, 2.45) is 17.8 Å². The van der Waals surface area contributed by atoms with Gasteiger partial charge in [-0.05, 0) is 48.8 Å². The highest BCUT2D eigenvalue weighted by Gasteiger charge is 2.60. The van der Waals surface area contributed by atoms with Gasteiger partial charge in [-0.3, -0.25) is 4.68 Å². The smallest absolute Gasteiger partial charge is 0.158 e. The number of rotatable bonds is 4. The van der Waals surface area contributed by atoms with Gasteiger partial charge < -0.3 is 9.84 Å². The minimum atomic E-state index is -0.702. The molecule has 24 heavy (non-hydrogen) atoms. The molecule has 6 heteroatoms. The van der Waals surface area contributed by atoms with Gasteiger partial charge in [0, 0.05) is 10.9 Å². The minimum absolute atomic E-state index is 0.142. The highest BCUT2D eigenvalue weighted by molar-refractivity contribution is 6.30.